The lowest BCUT2D eigenvalue weighted by Gasteiger charge is -2.01. The van der Waals surface area contributed by atoms with Crippen LogP contribution in [0.5, 0.6) is 5.75 Å². The summed E-state index contributed by atoms with van der Waals surface area (Å²) in [6.07, 6.45) is 0. The summed E-state index contributed by atoms with van der Waals surface area (Å²) in [5, 5.41) is 16.2. The predicted molar refractivity (Wildman–Crippen MR) is 72.8 cm³/mol. The van der Waals surface area contributed by atoms with E-state index in [2.05, 4.69) is 5.10 Å². The third-order valence-electron chi connectivity index (χ3n) is 2.45. The second kappa shape index (κ2) is 4.77. The molecule has 0 aliphatic rings. The summed E-state index contributed by atoms with van der Waals surface area (Å²) >= 11 is 7.27. The molecule has 5 heteroatoms. The fourth-order valence-corrected chi connectivity index (χ4v) is 2.62. The molecule has 1 heterocycles. The molecule has 1 aromatic carbocycles. The number of nitrogens with two attached hydrogens (primary N) is 1. The zero-order valence-corrected chi connectivity index (χ0v) is 10.7. The van der Waals surface area contributed by atoms with Crippen molar-refractivity contribution in [3.8, 4) is 16.2 Å². The molecule has 1 aromatic heterocycles. The molecule has 3 N–H and O–H groups in total. The number of hydrogen-bond acceptors (Lipinski definition) is 4. The van der Waals surface area contributed by atoms with E-state index in [1.807, 2.05) is 17.5 Å². The first kappa shape index (κ1) is 12.0. The monoisotopic (exact) mass is 266 g/mol. The molecule has 88 valence electrons. The first-order valence-corrected chi connectivity index (χ1v) is 6.20. The summed E-state index contributed by atoms with van der Waals surface area (Å²) in [5.74, 6) is 5.42. The highest BCUT2D eigenvalue weighted by molar-refractivity contribution is 7.14. The van der Waals surface area contributed by atoms with Gasteiger partial charge in [0.2, 0.25) is 0 Å². The van der Waals surface area contributed by atoms with E-state index in [-0.39, 0.29) is 5.75 Å². The summed E-state index contributed by atoms with van der Waals surface area (Å²) < 4.78 is 0. The normalized spacial score (nSPS) is 11.8. The van der Waals surface area contributed by atoms with Crippen molar-refractivity contribution in [1.29, 1.82) is 0 Å². The molecule has 0 saturated carbocycles. The molecule has 0 atom stereocenters. The summed E-state index contributed by atoms with van der Waals surface area (Å²) in [6, 6.07) is 7.32. The molecule has 0 unspecified atom stereocenters. The van der Waals surface area contributed by atoms with Crippen LogP contribution in [0.25, 0.3) is 10.4 Å². The molecule has 17 heavy (non-hydrogen) atoms. The van der Waals surface area contributed by atoms with E-state index >= 15 is 0 Å². The SMILES string of the molecule is CC(=NN)c1csc(-c2ccc(Cl)cc2)c1O. The van der Waals surface area contributed by atoms with Gasteiger partial charge >= 0.3 is 0 Å². The Kier molecular flexibility index (Phi) is 3.36. The van der Waals surface area contributed by atoms with Crippen LogP contribution < -0.4 is 5.84 Å². The molecular weight excluding hydrogens is 256 g/mol. The lowest BCUT2D eigenvalue weighted by molar-refractivity contribution is 0.478. The molecule has 3 nitrogen and oxygen atoms in total. The van der Waals surface area contributed by atoms with Crippen LogP contribution in [0, 0.1) is 0 Å². The van der Waals surface area contributed by atoms with Crippen LogP contribution in [0.1, 0.15) is 12.5 Å². The van der Waals surface area contributed by atoms with Crippen molar-refractivity contribution in [3.63, 3.8) is 0 Å². The largest absolute Gasteiger partial charge is 0.506 e. The molecule has 0 amide bonds. The van der Waals surface area contributed by atoms with Crippen LogP contribution in [0.3, 0.4) is 0 Å². The number of nitrogens with zero attached hydrogens (tertiary/aromatic N) is 1. The lowest BCUT2D eigenvalue weighted by Crippen LogP contribution is -1.96. The van der Waals surface area contributed by atoms with Gasteiger partial charge in [0.25, 0.3) is 0 Å². The van der Waals surface area contributed by atoms with Gasteiger partial charge in [0.1, 0.15) is 5.75 Å². The predicted octanol–water partition coefficient (Wildman–Crippen LogP) is 3.46. The van der Waals surface area contributed by atoms with Gasteiger partial charge in [-0.05, 0) is 24.6 Å². The van der Waals surface area contributed by atoms with Gasteiger partial charge in [-0.3, -0.25) is 0 Å². The summed E-state index contributed by atoms with van der Waals surface area (Å²) in [7, 11) is 0. The van der Waals surface area contributed by atoms with Crippen molar-refractivity contribution >= 4 is 28.6 Å². The fraction of sp³-hybridized carbons (Fsp3) is 0.0833. The van der Waals surface area contributed by atoms with E-state index in [1.54, 1.807) is 19.1 Å². The van der Waals surface area contributed by atoms with E-state index in [9.17, 15) is 5.11 Å². The standard InChI is InChI=1S/C12H11ClN2OS/c1-7(15-14)10-6-17-12(11(10)16)8-2-4-9(13)5-3-8/h2-6,16H,14H2,1H3. The van der Waals surface area contributed by atoms with Gasteiger partial charge in [0, 0.05) is 10.4 Å². The number of aromatic hydroxyl groups is 1. The number of thiophene rings is 1. The van der Waals surface area contributed by atoms with Crippen LogP contribution in [0.15, 0.2) is 34.7 Å². The minimum atomic E-state index is 0.212. The van der Waals surface area contributed by atoms with Gasteiger partial charge in [-0.15, -0.1) is 11.3 Å². The first-order valence-electron chi connectivity index (χ1n) is 4.94. The summed E-state index contributed by atoms with van der Waals surface area (Å²) in [5.41, 5.74) is 2.20. The highest BCUT2D eigenvalue weighted by atomic mass is 35.5. The maximum Gasteiger partial charge on any atom is 0.143 e. The molecule has 0 saturated heterocycles. The molecule has 0 spiro atoms. The van der Waals surface area contributed by atoms with Crippen molar-refractivity contribution in [3.05, 3.63) is 40.2 Å². The topological polar surface area (TPSA) is 58.6 Å². The fourth-order valence-electron chi connectivity index (χ4n) is 1.48. The second-order valence-electron chi connectivity index (χ2n) is 3.55. The Morgan fingerprint density at radius 3 is 2.59 bits per heavy atom. The second-order valence-corrected chi connectivity index (χ2v) is 4.86. The van der Waals surface area contributed by atoms with Gasteiger partial charge < -0.3 is 10.9 Å². The Bertz CT molecular complexity index is 560. The van der Waals surface area contributed by atoms with Crippen LogP contribution in [0.2, 0.25) is 5.02 Å². The van der Waals surface area contributed by atoms with Crippen LogP contribution in [0.4, 0.5) is 0 Å². The van der Waals surface area contributed by atoms with Gasteiger partial charge in [0.15, 0.2) is 0 Å². The molecule has 0 bridgehead atoms. The Balaban J connectivity index is 2.47. The van der Waals surface area contributed by atoms with Crippen molar-refractivity contribution in [2.24, 2.45) is 10.9 Å². The van der Waals surface area contributed by atoms with Crippen molar-refractivity contribution < 1.29 is 5.11 Å². The third kappa shape index (κ3) is 2.28. The van der Waals surface area contributed by atoms with E-state index in [1.165, 1.54) is 11.3 Å². The zero-order chi connectivity index (χ0) is 12.4. The minimum Gasteiger partial charge on any atom is -0.506 e. The molecule has 0 radical (unpaired) electrons. The maximum absolute atomic E-state index is 10.1. The Morgan fingerprint density at radius 1 is 1.35 bits per heavy atom. The van der Waals surface area contributed by atoms with Gasteiger partial charge in [-0.1, -0.05) is 23.7 Å². The quantitative estimate of drug-likeness (QED) is 0.497. The highest BCUT2D eigenvalue weighted by Crippen LogP contribution is 2.38. The minimum absolute atomic E-state index is 0.212. The third-order valence-corrected chi connectivity index (χ3v) is 3.72. The average molecular weight is 267 g/mol. The first-order chi connectivity index (χ1) is 8.13. The number of benzene rings is 1. The van der Waals surface area contributed by atoms with E-state index in [4.69, 9.17) is 17.4 Å². The summed E-state index contributed by atoms with van der Waals surface area (Å²) in [6.45, 7) is 1.76. The van der Waals surface area contributed by atoms with E-state index in [0.717, 1.165) is 10.4 Å². The number of halogens is 1. The molecular formula is C12H11ClN2OS. The highest BCUT2D eigenvalue weighted by Gasteiger charge is 2.14. The number of hydrazone groups is 1. The Morgan fingerprint density at radius 2 is 2.00 bits per heavy atom. The summed E-state index contributed by atoms with van der Waals surface area (Å²) in [4.78, 5) is 0.791. The molecule has 2 rings (SSSR count). The molecule has 2 aromatic rings. The molecule has 0 aliphatic carbocycles. The smallest absolute Gasteiger partial charge is 0.143 e. The number of rotatable bonds is 2. The van der Waals surface area contributed by atoms with Crippen LogP contribution in [-0.4, -0.2) is 10.8 Å². The molecule has 0 fully saturated rings. The van der Waals surface area contributed by atoms with E-state index < -0.39 is 0 Å². The zero-order valence-electron chi connectivity index (χ0n) is 9.14. The van der Waals surface area contributed by atoms with Gasteiger partial charge in [-0.2, -0.15) is 5.10 Å². The van der Waals surface area contributed by atoms with Gasteiger partial charge in [-0.25, -0.2) is 0 Å². The van der Waals surface area contributed by atoms with E-state index in [0.29, 0.717) is 16.3 Å². The van der Waals surface area contributed by atoms with Crippen LogP contribution >= 0.6 is 22.9 Å². The lowest BCUT2D eigenvalue weighted by atomic mass is 10.1. The van der Waals surface area contributed by atoms with Gasteiger partial charge in [0.05, 0.1) is 16.2 Å². The van der Waals surface area contributed by atoms with Crippen molar-refractivity contribution in [2.45, 2.75) is 6.92 Å². The molecule has 0 aliphatic heterocycles. The maximum atomic E-state index is 10.1. The number of hydrogen-bond donors (Lipinski definition) is 2. The Labute approximate surface area is 108 Å². The van der Waals surface area contributed by atoms with Crippen molar-refractivity contribution in [1.82, 2.24) is 0 Å². The van der Waals surface area contributed by atoms with Crippen molar-refractivity contribution in [2.75, 3.05) is 0 Å². The Hall–Kier alpha value is -1.52. The van der Waals surface area contributed by atoms with Crippen LogP contribution in [-0.2, 0) is 0 Å². The average Bonchev–Trinajstić information content (AvgIpc) is 2.71.